The zero-order valence-corrected chi connectivity index (χ0v) is 24.4. The maximum absolute atomic E-state index is 16.5. The number of hydrogen-bond donors (Lipinski definition) is 2. The fourth-order valence-electron chi connectivity index (χ4n) is 6.15. The minimum absolute atomic E-state index is 0.0505. The van der Waals surface area contributed by atoms with Crippen molar-refractivity contribution in [3.63, 3.8) is 0 Å². The second-order valence-electron chi connectivity index (χ2n) is 11.8. The van der Waals surface area contributed by atoms with Gasteiger partial charge in [0.2, 0.25) is 0 Å². The van der Waals surface area contributed by atoms with E-state index in [-0.39, 0.29) is 54.5 Å². The van der Waals surface area contributed by atoms with E-state index in [1.54, 1.807) is 54.6 Å². The Hall–Kier alpha value is -3.39. The third-order valence-corrected chi connectivity index (χ3v) is 9.09. The van der Waals surface area contributed by atoms with Gasteiger partial charge in [-0.25, -0.2) is 9.37 Å². The van der Waals surface area contributed by atoms with Crippen molar-refractivity contribution in [1.29, 1.82) is 5.26 Å². The van der Waals surface area contributed by atoms with Crippen LogP contribution in [0, 0.1) is 22.6 Å². The largest absolute Gasteiger partial charge is 0.396 e. The Bertz CT molecular complexity index is 1550. The number of nitriles is 1. The molecule has 3 atom stereocenters. The fourth-order valence-corrected chi connectivity index (χ4v) is 6.28. The Balaban J connectivity index is 1.50. The van der Waals surface area contributed by atoms with Crippen molar-refractivity contribution in [2.24, 2.45) is 5.41 Å². The Morgan fingerprint density at radius 3 is 2.65 bits per heavy atom. The Morgan fingerprint density at radius 1 is 1.19 bits per heavy atom. The highest BCUT2D eigenvalue weighted by Crippen LogP contribution is 2.51. The van der Waals surface area contributed by atoms with E-state index in [0.29, 0.717) is 22.9 Å². The van der Waals surface area contributed by atoms with Gasteiger partial charge in [0.15, 0.2) is 5.72 Å². The van der Waals surface area contributed by atoms with Crippen LogP contribution in [0.15, 0.2) is 54.6 Å². The van der Waals surface area contributed by atoms with Crippen molar-refractivity contribution in [2.75, 3.05) is 19.8 Å². The van der Waals surface area contributed by atoms with E-state index in [0.717, 1.165) is 32.1 Å². The zero-order valence-electron chi connectivity index (χ0n) is 23.6. The molecule has 3 aliphatic rings. The van der Waals surface area contributed by atoms with Gasteiger partial charge in [0.05, 0.1) is 24.9 Å². The number of pyridine rings is 1. The smallest absolute Gasteiger partial charge is 0.261 e. The fraction of sp³-hybridized carbons (Fsp3) is 0.424. The van der Waals surface area contributed by atoms with Crippen LogP contribution in [0.5, 0.6) is 0 Å². The number of ether oxygens (including phenoxy) is 2. The molecule has 2 unspecified atom stereocenters. The van der Waals surface area contributed by atoms with Crippen molar-refractivity contribution < 1.29 is 28.9 Å². The lowest BCUT2D eigenvalue weighted by molar-refractivity contribution is -0.201. The van der Waals surface area contributed by atoms with Crippen LogP contribution in [0.3, 0.4) is 0 Å². The van der Waals surface area contributed by atoms with Gasteiger partial charge >= 0.3 is 0 Å². The summed E-state index contributed by atoms with van der Waals surface area (Å²) in [5.41, 5.74) is -0.713. The topological polar surface area (TPSA) is 116 Å². The highest BCUT2D eigenvalue weighted by atomic mass is 35.5. The average molecular weight is 606 g/mol. The molecule has 1 saturated carbocycles. The van der Waals surface area contributed by atoms with Gasteiger partial charge in [-0.3, -0.25) is 9.69 Å². The van der Waals surface area contributed by atoms with E-state index < -0.39 is 29.1 Å². The first-order chi connectivity index (χ1) is 20.8. The summed E-state index contributed by atoms with van der Waals surface area (Å²) in [6, 6.07) is 16.9. The number of amides is 1. The number of nitrogens with zero attached hydrogens (tertiary/aromatic N) is 3. The van der Waals surface area contributed by atoms with Gasteiger partial charge in [-0.1, -0.05) is 41.9 Å². The van der Waals surface area contributed by atoms with Gasteiger partial charge in [0.1, 0.15) is 23.8 Å². The minimum atomic E-state index is -1.66. The van der Waals surface area contributed by atoms with Crippen LogP contribution in [0.4, 0.5) is 4.39 Å². The minimum Gasteiger partial charge on any atom is -0.396 e. The van der Waals surface area contributed by atoms with Gasteiger partial charge in [-0.2, -0.15) is 5.26 Å². The van der Waals surface area contributed by atoms with E-state index >= 15 is 4.39 Å². The first kappa shape index (κ1) is 29.7. The second kappa shape index (κ2) is 11.9. The van der Waals surface area contributed by atoms with Gasteiger partial charge in [-0.05, 0) is 61.9 Å². The molecule has 3 heterocycles. The molecule has 0 spiro atoms. The van der Waals surface area contributed by atoms with Crippen LogP contribution in [0.1, 0.15) is 65.8 Å². The maximum Gasteiger partial charge on any atom is 0.261 e. The van der Waals surface area contributed by atoms with Crippen LogP contribution >= 0.6 is 11.6 Å². The lowest BCUT2D eigenvalue weighted by Gasteiger charge is -2.43. The first-order valence-electron chi connectivity index (χ1n) is 14.6. The summed E-state index contributed by atoms with van der Waals surface area (Å²) in [5, 5.41) is 31.8. The second-order valence-corrected chi connectivity index (χ2v) is 12.2. The molecule has 8 nitrogen and oxygen atoms in total. The Morgan fingerprint density at radius 2 is 1.98 bits per heavy atom. The molecule has 2 aromatic carbocycles. The number of carbonyl (C=O) groups excluding carboxylic acids is 1. The van der Waals surface area contributed by atoms with E-state index in [1.807, 2.05) is 6.07 Å². The summed E-state index contributed by atoms with van der Waals surface area (Å²) < 4.78 is 29.1. The van der Waals surface area contributed by atoms with E-state index in [2.05, 4.69) is 4.98 Å². The van der Waals surface area contributed by atoms with Crippen molar-refractivity contribution in [2.45, 2.75) is 63.0 Å². The molecule has 2 N–H and O–H groups in total. The molecular weight excluding hydrogens is 573 g/mol. The van der Waals surface area contributed by atoms with Crippen LogP contribution < -0.4 is 0 Å². The monoisotopic (exact) mass is 605 g/mol. The molecule has 1 aliphatic carbocycles. The summed E-state index contributed by atoms with van der Waals surface area (Å²) in [4.78, 5) is 20.0. The molecular formula is C33H33ClFN3O5. The lowest BCUT2D eigenvalue weighted by atomic mass is 9.92. The number of benzene rings is 2. The standard InChI is InChI=1S/C33H33ClFN3O5/c34-22-9-7-21(8-10-22)26-11-12-27-29(30(26)35)31(41)38(28(40)16-25-6-1-2-15-42-25)33(27,43-20-32(19-39)13-14-32)17-23-4-3-5-24(18-36)37-23/h3-5,7-12,25,28,39-40H,1-2,6,13-17,19-20H2/t25?,28?,33-/m1/s1. The number of aliphatic hydroxyl groups excluding tert-OH is 2. The highest BCUT2D eigenvalue weighted by molar-refractivity contribution is 6.30. The molecule has 1 saturated heterocycles. The van der Waals surface area contributed by atoms with Crippen molar-refractivity contribution in [3.05, 3.63) is 88.0 Å². The molecule has 224 valence electrons. The molecule has 2 fully saturated rings. The molecule has 43 heavy (non-hydrogen) atoms. The van der Waals surface area contributed by atoms with Gasteiger partial charge in [-0.15, -0.1) is 0 Å². The lowest BCUT2D eigenvalue weighted by Crippen LogP contribution is -2.54. The molecule has 3 aromatic rings. The molecule has 1 amide bonds. The summed E-state index contributed by atoms with van der Waals surface area (Å²) in [7, 11) is 0. The number of aliphatic hydroxyl groups is 2. The zero-order chi connectivity index (χ0) is 30.2. The number of fused-ring (bicyclic) bond motifs is 1. The van der Waals surface area contributed by atoms with E-state index in [4.69, 9.17) is 21.1 Å². The van der Waals surface area contributed by atoms with E-state index in [9.17, 15) is 20.3 Å². The van der Waals surface area contributed by atoms with Crippen LogP contribution in [0.25, 0.3) is 11.1 Å². The number of carbonyl (C=O) groups is 1. The maximum atomic E-state index is 16.5. The number of halogens is 2. The average Bonchev–Trinajstić information content (AvgIpc) is 3.76. The molecule has 1 aromatic heterocycles. The SMILES string of the molecule is N#Cc1cccc(C[C@@]2(OCC3(CO)CC3)c3ccc(-c4ccc(Cl)cc4)c(F)c3C(=O)N2C(O)CC2CCCCO2)n1. The summed E-state index contributed by atoms with van der Waals surface area (Å²) in [5.74, 6) is -1.44. The molecule has 0 radical (unpaired) electrons. The third-order valence-electron chi connectivity index (χ3n) is 8.84. The Kier molecular flexibility index (Phi) is 8.24. The number of rotatable bonds is 10. The number of aromatic nitrogens is 1. The predicted molar refractivity (Wildman–Crippen MR) is 156 cm³/mol. The van der Waals surface area contributed by atoms with Gasteiger partial charge in [0, 0.05) is 46.7 Å². The summed E-state index contributed by atoms with van der Waals surface area (Å²) in [6.07, 6.45) is 2.50. The summed E-state index contributed by atoms with van der Waals surface area (Å²) >= 11 is 6.06. The van der Waals surface area contributed by atoms with E-state index in [1.165, 1.54) is 4.90 Å². The van der Waals surface area contributed by atoms with Crippen molar-refractivity contribution >= 4 is 17.5 Å². The normalized spacial score (nSPS) is 23.1. The molecule has 6 rings (SSSR count). The Labute approximate surface area is 254 Å². The predicted octanol–water partition coefficient (Wildman–Crippen LogP) is 5.33. The van der Waals surface area contributed by atoms with Crippen molar-refractivity contribution in [1.82, 2.24) is 9.88 Å². The quantitative estimate of drug-likeness (QED) is 0.321. The third kappa shape index (κ3) is 5.66. The van der Waals surface area contributed by atoms with Crippen LogP contribution in [0.2, 0.25) is 5.02 Å². The first-order valence-corrected chi connectivity index (χ1v) is 15.0. The number of hydrogen-bond acceptors (Lipinski definition) is 7. The molecule has 10 heteroatoms. The van der Waals surface area contributed by atoms with Crippen LogP contribution in [-0.4, -0.2) is 58.2 Å². The van der Waals surface area contributed by atoms with Gasteiger partial charge in [0.25, 0.3) is 5.91 Å². The van der Waals surface area contributed by atoms with Crippen molar-refractivity contribution in [3.8, 4) is 17.2 Å². The molecule has 2 aliphatic heterocycles. The molecule has 0 bridgehead atoms. The summed E-state index contributed by atoms with van der Waals surface area (Å²) in [6.45, 7) is 0.544. The van der Waals surface area contributed by atoms with Crippen LogP contribution in [-0.2, 0) is 21.6 Å². The van der Waals surface area contributed by atoms with Gasteiger partial charge < -0.3 is 19.7 Å². The highest BCUT2D eigenvalue weighted by Gasteiger charge is 2.57.